The number of benzene rings is 2. The Labute approximate surface area is 121 Å². The van der Waals surface area contributed by atoms with Gasteiger partial charge >= 0.3 is 0 Å². The van der Waals surface area contributed by atoms with Crippen molar-refractivity contribution in [2.75, 3.05) is 0 Å². The number of fused-ring (bicyclic) bond motifs is 3. The van der Waals surface area contributed by atoms with Gasteiger partial charge in [-0.2, -0.15) is 0 Å². The van der Waals surface area contributed by atoms with Crippen LogP contribution >= 0.6 is 0 Å². The lowest BCUT2D eigenvalue weighted by Gasteiger charge is -2.38. The first-order valence-corrected chi connectivity index (χ1v) is 7.74. The zero-order valence-corrected chi connectivity index (χ0v) is 12.6. The van der Waals surface area contributed by atoms with E-state index in [0.717, 1.165) is 5.92 Å². The predicted octanol–water partition coefficient (Wildman–Crippen LogP) is 5.68. The van der Waals surface area contributed by atoms with Crippen LogP contribution in [0, 0.1) is 16.7 Å². The van der Waals surface area contributed by atoms with Gasteiger partial charge in [0.1, 0.15) is 0 Å². The molecule has 2 aromatic rings. The van der Waals surface area contributed by atoms with Gasteiger partial charge < -0.3 is 0 Å². The third kappa shape index (κ3) is 1.32. The van der Waals surface area contributed by atoms with Crippen molar-refractivity contribution in [3.63, 3.8) is 0 Å². The van der Waals surface area contributed by atoms with Crippen molar-refractivity contribution < 1.29 is 0 Å². The normalized spacial score (nSPS) is 30.8. The minimum Gasteiger partial charge on any atom is -0.0764 e. The molecule has 0 heterocycles. The van der Waals surface area contributed by atoms with E-state index in [0.29, 0.717) is 10.8 Å². The molecule has 1 unspecified atom stereocenters. The highest BCUT2D eigenvalue weighted by Gasteiger charge is 2.57. The van der Waals surface area contributed by atoms with Crippen LogP contribution in [-0.4, -0.2) is 0 Å². The van der Waals surface area contributed by atoms with Gasteiger partial charge in [0.25, 0.3) is 0 Å². The van der Waals surface area contributed by atoms with E-state index < -0.39 is 0 Å². The van der Waals surface area contributed by atoms with Gasteiger partial charge in [0.15, 0.2) is 0 Å². The van der Waals surface area contributed by atoms with Crippen molar-refractivity contribution in [3.05, 3.63) is 54.1 Å². The quantitative estimate of drug-likeness (QED) is 0.620. The Bertz CT molecular complexity index is 714. The summed E-state index contributed by atoms with van der Waals surface area (Å²) in [6.45, 7) is 7.40. The lowest BCUT2D eigenvalue weighted by Crippen LogP contribution is -2.29. The number of hydrogen-bond acceptors (Lipinski definition) is 0. The first-order valence-electron chi connectivity index (χ1n) is 7.74. The smallest absolute Gasteiger partial charge is 0.00152 e. The van der Waals surface area contributed by atoms with Crippen LogP contribution in [0.2, 0.25) is 0 Å². The molecule has 4 rings (SSSR count). The lowest BCUT2D eigenvalue weighted by atomic mass is 9.66. The zero-order chi connectivity index (χ0) is 14.0. The molecule has 1 saturated carbocycles. The number of allylic oxidation sites excluding steroid dienone is 2. The van der Waals surface area contributed by atoms with Crippen LogP contribution in [0.3, 0.4) is 0 Å². The fourth-order valence-corrected chi connectivity index (χ4v) is 4.54. The van der Waals surface area contributed by atoms with Crippen molar-refractivity contribution in [2.45, 2.75) is 33.6 Å². The van der Waals surface area contributed by atoms with Gasteiger partial charge in [-0.15, -0.1) is 0 Å². The molecule has 1 fully saturated rings. The highest BCUT2D eigenvalue weighted by molar-refractivity contribution is 5.95. The Balaban J connectivity index is 1.96. The van der Waals surface area contributed by atoms with Crippen LogP contribution in [0.15, 0.2) is 48.5 Å². The zero-order valence-electron chi connectivity index (χ0n) is 12.6. The highest BCUT2D eigenvalue weighted by Crippen LogP contribution is 2.67. The molecule has 0 radical (unpaired) electrons. The van der Waals surface area contributed by atoms with E-state index in [9.17, 15) is 0 Å². The minimum absolute atomic E-state index is 0.335. The monoisotopic (exact) mass is 262 g/mol. The van der Waals surface area contributed by atoms with Crippen LogP contribution in [0.5, 0.6) is 0 Å². The molecule has 0 amide bonds. The van der Waals surface area contributed by atoms with Crippen molar-refractivity contribution in [2.24, 2.45) is 16.7 Å². The van der Waals surface area contributed by atoms with Gasteiger partial charge in [-0.1, -0.05) is 69.3 Å². The molecule has 2 atom stereocenters. The molecule has 0 saturated heterocycles. The molecule has 0 nitrogen and oxygen atoms in total. The molecule has 20 heavy (non-hydrogen) atoms. The van der Waals surface area contributed by atoms with Crippen molar-refractivity contribution >= 4 is 16.3 Å². The van der Waals surface area contributed by atoms with Crippen LogP contribution in [-0.2, 0) is 0 Å². The van der Waals surface area contributed by atoms with Gasteiger partial charge in [-0.25, -0.2) is 0 Å². The summed E-state index contributed by atoms with van der Waals surface area (Å²) in [7, 11) is 0. The molecule has 2 aliphatic rings. The van der Waals surface area contributed by atoms with Crippen LogP contribution in [0.25, 0.3) is 16.3 Å². The molecule has 0 aromatic heterocycles. The maximum absolute atomic E-state index is 2.57. The number of hydrogen-bond donors (Lipinski definition) is 0. The Hall–Kier alpha value is -1.56. The van der Waals surface area contributed by atoms with E-state index >= 15 is 0 Å². The summed E-state index contributed by atoms with van der Waals surface area (Å²) in [4.78, 5) is 0. The number of rotatable bonds is 1. The van der Waals surface area contributed by atoms with E-state index in [2.05, 4.69) is 69.3 Å². The molecular weight excluding hydrogens is 240 g/mol. The second-order valence-corrected chi connectivity index (χ2v) is 7.31. The SMILES string of the molecule is CC1(C)C2C=C(c3cccc4ccccc34)[C@@]1(C)CC2. The first kappa shape index (κ1) is 12.2. The van der Waals surface area contributed by atoms with Crippen LogP contribution in [0.1, 0.15) is 39.2 Å². The Morgan fingerprint density at radius 1 is 0.950 bits per heavy atom. The summed E-state index contributed by atoms with van der Waals surface area (Å²) in [5.41, 5.74) is 3.79. The molecule has 102 valence electrons. The largest absolute Gasteiger partial charge is 0.0764 e. The average Bonchev–Trinajstić information content (AvgIpc) is 2.79. The minimum atomic E-state index is 0.335. The molecule has 0 aliphatic heterocycles. The van der Waals surface area contributed by atoms with Gasteiger partial charge in [0.05, 0.1) is 0 Å². The summed E-state index contributed by atoms with van der Waals surface area (Å²) in [6, 6.07) is 15.5. The van der Waals surface area contributed by atoms with Crippen molar-refractivity contribution in [1.29, 1.82) is 0 Å². The lowest BCUT2D eigenvalue weighted by molar-refractivity contribution is 0.190. The summed E-state index contributed by atoms with van der Waals surface area (Å²) in [5, 5.41) is 2.76. The Morgan fingerprint density at radius 2 is 1.70 bits per heavy atom. The predicted molar refractivity (Wildman–Crippen MR) is 86.5 cm³/mol. The van der Waals surface area contributed by atoms with Crippen LogP contribution < -0.4 is 0 Å². The second-order valence-electron chi connectivity index (χ2n) is 7.31. The van der Waals surface area contributed by atoms with Crippen molar-refractivity contribution in [3.8, 4) is 0 Å². The molecule has 2 aliphatic carbocycles. The maximum atomic E-state index is 2.57. The van der Waals surface area contributed by atoms with E-state index in [1.807, 2.05) is 0 Å². The fraction of sp³-hybridized carbons (Fsp3) is 0.400. The van der Waals surface area contributed by atoms with Crippen LogP contribution in [0.4, 0.5) is 0 Å². The molecule has 0 N–H and O–H groups in total. The maximum Gasteiger partial charge on any atom is -0.00152 e. The summed E-state index contributed by atoms with van der Waals surface area (Å²) >= 11 is 0. The molecule has 0 heteroatoms. The van der Waals surface area contributed by atoms with E-state index in [1.54, 1.807) is 5.57 Å². The fourth-order valence-electron chi connectivity index (χ4n) is 4.54. The van der Waals surface area contributed by atoms with Gasteiger partial charge in [-0.3, -0.25) is 0 Å². The third-order valence-electron chi connectivity index (χ3n) is 6.35. The topological polar surface area (TPSA) is 0 Å². The molecule has 2 aromatic carbocycles. The summed E-state index contributed by atoms with van der Waals surface area (Å²) in [6.07, 6.45) is 5.27. The Kier molecular flexibility index (Phi) is 2.29. The van der Waals surface area contributed by atoms with Gasteiger partial charge in [0, 0.05) is 0 Å². The van der Waals surface area contributed by atoms with E-state index in [4.69, 9.17) is 0 Å². The van der Waals surface area contributed by atoms with E-state index in [-0.39, 0.29) is 0 Å². The third-order valence-corrected chi connectivity index (χ3v) is 6.35. The standard InChI is InChI=1S/C20H22/c1-19(2)15-11-12-20(19,3)18(13-15)17-10-6-8-14-7-4-5-9-16(14)17/h4-10,13,15H,11-12H2,1-3H3/t15?,20-/m1/s1. The van der Waals surface area contributed by atoms with Crippen molar-refractivity contribution in [1.82, 2.24) is 0 Å². The van der Waals surface area contributed by atoms with Gasteiger partial charge in [-0.05, 0) is 51.5 Å². The van der Waals surface area contributed by atoms with E-state index in [1.165, 1.54) is 29.2 Å². The highest BCUT2D eigenvalue weighted by atomic mass is 14.6. The summed E-state index contributed by atoms with van der Waals surface area (Å²) < 4.78 is 0. The Morgan fingerprint density at radius 3 is 2.40 bits per heavy atom. The second kappa shape index (κ2) is 3.75. The average molecular weight is 262 g/mol. The molecular formula is C20H22. The molecule has 2 bridgehead atoms. The summed E-state index contributed by atoms with van der Waals surface area (Å²) in [5.74, 6) is 0.751. The van der Waals surface area contributed by atoms with Gasteiger partial charge in [0.2, 0.25) is 0 Å². The molecule has 0 spiro atoms. The first-order chi connectivity index (χ1) is 9.54.